The molecule has 0 bridgehead atoms. The van der Waals surface area contributed by atoms with Gasteiger partial charge in [-0.25, -0.2) is 4.98 Å². The van der Waals surface area contributed by atoms with Crippen molar-refractivity contribution in [3.8, 4) is 34.5 Å². The average molecular weight is 409 g/mol. The van der Waals surface area contributed by atoms with E-state index in [0.29, 0.717) is 24.9 Å². The van der Waals surface area contributed by atoms with Gasteiger partial charge in [0, 0.05) is 17.5 Å². The molecule has 0 aliphatic carbocycles. The topological polar surface area (TPSA) is 53.5 Å². The first kappa shape index (κ1) is 19.6. The summed E-state index contributed by atoms with van der Waals surface area (Å²) < 4.78 is 17.6. The van der Waals surface area contributed by atoms with E-state index in [4.69, 9.17) is 24.2 Å². The van der Waals surface area contributed by atoms with Crippen molar-refractivity contribution in [3.05, 3.63) is 53.6 Å². The SMILES string of the molecule is CCOc1ccc(-c2nc3c(c(SCC)n2)Cc2cccc(OCC)c2O3)cc1. The minimum Gasteiger partial charge on any atom is -0.494 e. The normalized spacial score (nSPS) is 12.0. The molecule has 0 atom stereocenters. The Kier molecular flexibility index (Phi) is 5.90. The fourth-order valence-corrected chi connectivity index (χ4v) is 4.06. The van der Waals surface area contributed by atoms with Crippen LogP contribution in [0.1, 0.15) is 31.9 Å². The first-order valence-electron chi connectivity index (χ1n) is 9.92. The van der Waals surface area contributed by atoms with Crippen molar-refractivity contribution in [2.24, 2.45) is 0 Å². The highest BCUT2D eigenvalue weighted by molar-refractivity contribution is 7.99. The van der Waals surface area contributed by atoms with E-state index in [1.54, 1.807) is 11.8 Å². The van der Waals surface area contributed by atoms with Gasteiger partial charge in [-0.05, 0) is 49.9 Å². The van der Waals surface area contributed by atoms with Gasteiger partial charge in [-0.1, -0.05) is 19.1 Å². The smallest absolute Gasteiger partial charge is 0.227 e. The predicted molar refractivity (Wildman–Crippen MR) is 116 cm³/mol. The molecule has 0 radical (unpaired) electrons. The number of fused-ring (bicyclic) bond motifs is 2. The summed E-state index contributed by atoms with van der Waals surface area (Å²) in [5.41, 5.74) is 3.06. The number of hydrogen-bond acceptors (Lipinski definition) is 6. The van der Waals surface area contributed by atoms with Gasteiger partial charge in [0.05, 0.1) is 18.8 Å². The van der Waals surface area contributed by atoms with Crippen LogP contribution in [-0.2, 0) is 6.42 Å². The quantitative estimate of drug-likeness (QED) is 0.287. The van der Waals surface area contributed by atoms with Gasteiger partial charge in [-0.15, -0.1) is 11.8 Å². The Morgan fingerprint density at radius 1 is 0.966 bits per heavy atom. The summed E-state index contributed by atoms with van der Waals surface area (Å²) in [4.78, 5) is 9.61. The van der Waals surface area contributed by atoms with Crippen molar-refractivity contribution in [3.63, 3.8) is 0 Å². The van der Waals surface area contributed by atoms with Gasteiger partial charge in [-0.3, -0.25) is 0 Å². The molecule has 2 aromatic carbocycles. The lowest BCUT2D eigenvalue weighted by molar-refractivity contribution is 0.315. The molecule has 2 heterocycles. The summed E-state index contributed by atoms with van der Waals surface area (Å²) >= 11 is 1.71. The van der Waals surface area contributed by atoms with Crippen molar-refractivity contribution in [1.29, 1.82) is 0 Å². The first-order chi connectivity index (χ1) is 14.2. The molecule has 4 rings (SSSR count). The Bertz CT molecular complexity index is 1010. The van der Waals surface area contributed by atoms with Crippen LogP contribution in [0.5, 0.6) is 23.1 Å². The van der Waals surface area contributed by atoms with E-state index in [1.165, 1.54) is 0 Å². The monoisotopic (exact) mass is 408 g/mol. The number of ether oxygens (including phenoxy) is 3. The van der Waals surface area contributed by atoms with Crippen LogP contribution in [0.25, 0.3) is 11.4 Å². The highest BCUT2D eigenvalue weighted by atomic mass is 32.2. The predicted octanol–water partition coefficient (Wildman–Crippen LogP) is 5.75. The van der Waals surface area contributed by atoms with Crippen LogP contribution in [0.15, 0.2) is 47.5 Å². The zero-order valence-corrected chi connectivity index (χ0v) is 17.7. The lowest BCUT2D eigenvalue weighted by atomic mass is 10.0. The summed E-state index contributed by atoms with van der Waals surface area (Å²) in [6.07, 6.45) is 0.734. The molecule has 1 aromatic heterocycles. The van der Waals surface area contributed by atoms with Gasteiger partial charge in [0.25, 0.3) is 0 Å². The molecule has 0 saturated heterocycles. The van der Waals surface area contributed by atoms with Gasteiger partial charge < -0.3 is 14.2 Å². The van der Waals surface area contributed by atoms with Crippen LogP contribution in [0, 0.1) is 0 Å². The van der Waals surface area contributed by atoms with Crippen molar-refractivity contribution in [2.75, 3.05) is 19.0 Å². The van der Waals surface area contributed by atoms with E-state index in [9.17, 15) is 0 Å². The third-order valence-corrected chi connectivity index (χ3v) is 5.46. The van der Waals surface area contributed by atoms with Crippen molar-refractivity contribution < 1.29 is 14.2 Å². The second-order valence-electron chi connectivity index (χ2n) is 6.48. The molecule has 0 spiro atoms. The molecule has 29 heavy (non-hydrogen) atoms. The molecule has 0 amide bonds. The molecular formula is C23H24N2O3S. The zero-order valence-electron chi connectivity index (χ0n) is 16.9. The van der Waals surface area contributed by atoms with Crippen molar-refractivity contribution in [2.45, 2.75) is 32.2 Å². The Morgan fingerprint density at radius 3 is 2.48 bits per heavy atom. The number of hydrogen-bond donors (Lipinski definition) is 0. The van der Waals surface area contributed by atoms with E-state index < -0.39 is 0 Å². The lowest BCUT2D eigenvalue weighted by Gasteiger charge is -2.23. The van der Waals surface area contributed by atoms with E-state index in [1.807, 2.05) is 50.2 Å². The molecule has 5 nitrogen and oxygen atoms in total. The fourth-order valence-electron chi connectivity index (χ4n) is 3.30. The standard InChI is InChI=1S/C23H24N2O3S/c1-4-26-17-12-10-15(11-13-17)21-24-22-18(23(25-21)29-6-3)14-16-8-7-9-19(27-5-2)20(16)28-22/h7-13H,4-6,14H2,1-3H3. The molecule has 0 unspecified atom stereocenters. The molecule has 0 N–H and O–H groups in total. The maximum absolute atomic E-state index is 6.26. The number of nitrogens with zero attached hydrogens (tertiary/aromatic N) is 2. The summed E-state index contributed by atoms with van der Waals surface area (Å²) in [6, 6.07) is 13.9. The molecule has 1 aliphatic heterocycles. The van der Waals surface area contributed by atoms with Gasteiger partial charge in [0.2, 0.25) is 5.88 Å². The van der Waals surface area contributed by atoms with Crippen LogP contribution < -0.4 is 14.2 Å². The Hall–Kier alpha value is -2.73. The maximum Gasteiger partial charge on any atom is 0.227 e. The molecule has 150 valence electrons. The Labute approximate surface area is 175 Å². The lowest BCUT2D eigenvalue weighted by Crippen LogP contribution is -2.10. The van der Waals surface area contributed by atoms with Crippen molar-refractivity contribution in [1.82, 2.24) is 9.97 Å². The highest BCUT2D eigenvalue weighted by Crippen LogP contribution is 2.44. The van der Waals surface area contributed by atoms with Gasteiger partial charge in [0.1, 0.15) is 10.8 Å². The van der Waals surface area contributed by atoms with Crippen LogP contribution >= 0.6 is 11.8 Å². The number of thioether (sulfide) groups is 1. The number of benzene rings is 2. The molecule has 0 fully saturated rings. The Balaban J connectivity index is 1.75. The van der Waals surface area contributed by atoms with Crippen LogP contribution in [-0.4, -0.2) is 28.9 Å². The third kappa shape index (κ3) is 4.03. The highest BCUT2D eigenvalue weighted by Gasteiger charge is 2.26. The average Bonchev–Trinajstić information content (AvgIpc) is 2.74. The van der Waals surface area contributed by atoms with Crippen LogP contribution in [0.2, 0.25) is 0 Å². The van der Waals surface area contributed by atoms with Gasteiger partial charge in [0.15, 0.2) is 17.3 Å². The molecular weight excluding hydrogens is 384 g/mol. The third-order valence-electron chi connectivity index (χ3n) is 4.56. The largest absolute Gasteiger partial charge is 0.494 e. The number of para-hydroxylation sites is 1. The van der Waals surface area contributed by atoms with E-state index in [2.05, 4.69) is 13.0 Å². The minimum absolute atomic E-state index is 0.588. The summed E-state index contributed by atoms with van der Waals surface area (Å²) in [7, 11) is 0. The number of aromatic nitrogens is 2. The second-order valence-corrected chi connectivity index (χ2v) is 7.74. The summed E-state index contributed by atoms with van der Waals surface area (Å²) in [5, 5.41) is 0.967. The fraction of sp³-hybridized carbons (Fsp3) is 0.304. The maximum atomic E-state index is 6.26. The molecule has 1 aliphatic rings. The zero-order chi connectivity index (χ0) is 20.2. The van der Waals surface area contributed by atoms with E-state index in [0.717, 1.165) is 51.1 Å². The molecule has 6 heteroatoms. The summed E-state index contributed by atoms with van der Waals surface area (Å²) in [5.74, 6) is 4.54. The van der Waals surface area contributed by atoms with E-state index >= 15 is 0 Å². The Morgan fingerprint density at radius 2 is 1.76 bits per heavy atom. The van der Waals surface area contributed by atoms with Gasteiger partial charge >= 0.3 is 0 Å². The van der Waals surface area contributed by atoms with Crippen LogP contribution in [0.3, 0.4) is 0 Å². The van der Waals surface area contributed by atoms with Gasteiger partial charge in [-0.2, -0.15) is 4.98 Å². The second kappa shape index (κ2) is 8.74. The van der Waals surface area contributed by atoms with E-state index in [-0.39, 0.29) is 0 Å². The van der Waals surface area contributed by atoms with Crippen molar-refractivity contribution >= 4 is 11.8 Å². The minimum atomic E-state index is 0.588. The molecule has 3 aromatic rings. The first-order valence-corrected chi connectivity index (χ1v) is 10.9. The molecule has 0 saturated carbocycles. The summed E-state index contributed by atoms with van der Waals surface area (Å²) in [6.45, 7) is 7.30. The van der Waals surface area contributed by atoms with Crippen LogP contribution in [0.4, 0.5) is 0 Å². The number of rotatable bonds is 7.